The topological polar surface area (TPSA) is 32.6 Å². The SMILES string of the molecule is C=C(O)CC(C(/C=C\C)=NC)c1ccc(C)cc1. The number of nitrogens with zero attached hydrogens (tertiary/aromatic N) is 1. The van der Waals surface area contributed by atoms with Gasteiger partial charge in [0.15, 0.2) is 0 Å². The minimum absolute atomic E-state index is 0.0595. The first kappa shape index (κ1) is 14.2. The number of aryl methyl sites for hydroxylation is 1. The number of rotatable bonds is 5. The van der Waals surface area contributed by atoms with Crippen LogP contribution in [0.3, 0.4) is 0 Å². The summed E-state index contributed by atoms with van der Waals surface area (Å²) in [5.41, 5.74) is 3.33. The van der Waals surface area contributed by atoms with Gasteiger partial charge in [-0.2, -0.15) is 0 Å². The van der Waals surface area contributed by atoms with Gasteiger partial charge in [0.2, 0.25) is 0 Å². The Morgan fingerprint density at radius 1 is 1.39 bits per heavy atom. The van der Waals surface area contributed by atoms with E-state index in [0.717, 1.165) is 11.3 Å². The molecule has 1 atom stereocenters. The Morgan fingerprint density at radius 3 is 2.44 bits per heavy atom. The molecule has 1 rings (SSSR count). The first-order chi connectivity index (χ1) is 8.58. The molecule has 1 aromatic carbocycles. The van der Waals surface area contributed by atoms with Crippen molar-refractivity contribution in [2.75, 3.05) is 7.05 Å². The fourth-order valence-corrected chi connectivity index (χ4v) is 1.94. The summed E-state index contributed by atoms with van der Waals surface area (Å²) in [6.45, 7) is 7.61. The van der Waals surface area contributed by atoms with Crippen LogP contribution in [0.4, 0.5) is 0 Å². The molecule has 0 heterocycles. The number of hydrogen-bond acceptors (Lipinski definition) is 2. The maximum absolute atomic E-state index is 9.48. The van der Waals surface area contributed by atoms with Crippen molar-refractivity contribution in [3.63, 3.8) is 0 Å². The van der Waals surface area contributed by atoms with Crippen LogP contribution >= 0.6 is 0 Å². The second-order valence-electron chi connectivity index (χ2n) is 4.38. The van der Waals surface area contributed by atoms with Crippen molar-refractivity contribution in [3.05, 3.63) is 59.9 Å². The van der Waals surface area contributed by atoms with Crippen LogP contribution in [0.15, 0.2) is 53.7 Å². The Labute approximate surface area is 109 Å². The van der Waals surface area contributed by atoms with E-state index in [0.29, 0.717) is 6.42 Å². The van der Waals surface area contributed by atoms with Gasteiger partial charge in [0.25, 0.3) is 0 Å². The molecule has 0 amide bonds. The van der Waals surface area contributed by atoms with Crippen LogP contribution in [-0.4, -0.2) is 17.9 Å². The highest BCUT2D eigenvalue weighted by atomic mass is 16.3. The Kier molecular flexibility index (Phi) is 5.37. The van der Waals surface area contributed by atoms with Gasteiger partial charge in [-0.3, -0.25) is 4.99 Å². The molecule has 0 radical (unpaired) electrons. The molecule has 1 unspecified atom stereocenters. The van der Waals surface area contributed by atoms with Crippen LogP contribution in [0.1, 0.15) is 30.4 Å². The molecule has 2 heteroatoms. The predicted octanol–water partition coefficient (Wildman–Crippen LogP) is 4.19. The summed E-state index contributed by atoms with van der Waals surface area (Å²) in [6.07, 6.45) is 4.44. The van der Waals surface area contributed by atoms with Gasteiger partial charge in [0.1, 0.15) is 0 Å². The third-order valence-electron chi connectivity index (χ3n) is 2.87. The van der Waals surface area contributed by atoms with Gasteiger partial charge in [0, 0.05) is 25.1 Å². The summed E-state index contributed by atoms with van der Waals surface area (Å²) in [4.78, 5) is 4.31. The lowest BCUT2D eigenvalue weighted by Crippen LogP contribution is -2.11. The molecule has 0 saturated heterocycles. The summed E-state index contributed by atoms with van der Waals surface area (Å²) in [5, 5.41) is 9.48. The first-order valence-corrected chi connectivity index (χ1v) is 6.11. The molecule has 1 N–H and O–H groups in total. The van der Waals surface area contributed by atoms with Crippen molar-refractivity contribution in [3.8, 4) is 0 Å². The fourth-order valence-electron chi connectivity index (χ4n) is 1.94. The molecule has 1 aromatic rings. The molecule has 0 fully saturated rings. The van der Waals surface area contributed by atoms with E-state index in [-0.39, 0.29) is 11.7 Å². The minimum atomic E-state index is 0.0595. The lowest BCUT2D eigenvalue weighted by molar-refractivity contribution is 0.387. The average molecular weight is 243 g/mol. The molecule has 2 nitrogen and oxygen atoms in total. The average Bonchev–Trinajstić information content (AvgIpc) is 2.34. The molecule has 0 aliphatic heterocycles. The maximum Gasteiger partial charge on any atom is 0.0861 e. The molecule has 0 aliphatic carbocycles. The Hall–Kier alpha value is -1.83. The normalized spacial score (nSPS) is 13.8. The van der Waals surface area contributed by atoms with E-state index in [1.165, 1.54) is 5.56 Å². The molecule has 18 heavy (non-hydrogen) atoms. The van der Waals surface area contributed by atoms with E-state index in [9.17, 15) is 5.11 Å². The van der Waals surface area contributed by atoms with Gasteiger partial charge >= 0.3 is 0 Å². The molecular weight excluding hydrogens is 222 g/mol. The number of benzene rings is 1. The second kappa shape index (κ2) is 6.80. The monoisotopic (exact) mass is 243 g/mol. The summed E-state index contributed by atoms with van der Waals surface area (Å²) >= 11 is 0. The summed E-state index contributed by atoms with van der Waals surface area (Å²) in [6, 6.07) is 8.31. The van der Waals surface area contributed by atoms with Crippen LogP contribution < -0.4 is 0 Å². The zero-order valence-corrected chi connectivity index (χ0v) is 11.4. The largest absolute Gasteiger partial charge is 0.513 e. The third-order valence-corrected chi connectivity index (χ3v) is 2.87. The second-order valence-corrected chi connectivity index (χ2v) is 4.38. The van der Waals surface area contributed by atoms with Crippen molar-refractivity contribution in [1.82, 2.24) is 0 Å². The van der Waals surface area contributed by atoms with E-state index >= 15 is 0 Å². The van der Waals surface area contributed by atoms with E-state index in [4.69, 9.17) is 0 Å². The van der Waals surface area contributed by atoms with Crippen molar-refractivity contribution in [1.29, 1.82) is 0 Å². The van der Waals surface area contributed by atoms with E-state index in [1.807, 2.05) is 19.1 Å². The standard InChI is InChI=1S/C16H21NO/c1-5-6-16(17-4)15(11-13(3)18)14-9-7-12(2)8-10-14/h5-10,15,18H,3,11H2,1-2,4H3/b6-5-,17-16?. The quantitative estimate of drug-likeness (QED) is 0.610. The van der Waals surface area contributed by atoms with Crippen LogP contribution in [0.5, 0.6) is 0 Å². The van der Waals surface area contributed by atoms with E-state index in [1.54, 1.807) is 7.05 Å². The number of aliphatic hydroxyl groups excluding tert-OH is 1. The molecule has 0 aliphatic rings. The van der Waals surface area contributed by atoms with Gasteiger partial charge in [-0.15, -0.1) is 0 Å². The van der Waals surface area contributed by atoms with E-state index < -0.39 is 0 Å². The Bertz CT molecular complexity index is 454. The molecule has 0 bridgehead atoms. The lowest BCUT2D eigenvalue weighted by Gasteiger charge is -2.17. The highest BCUT2D eigenvalue weighted by molar-refractivity contribution is 6.00. The van der Waals surface area contributed by atoms with Crippen LogP contribution in [0, 0.1) is 6.92 Å². The minimum Gasteiger partial charge on any atom is -0.513 e. The molecule has 0 spiro atoms. The molecule has 0 saturated carbocycles. The summed E-state index contributed by atoms with van der Waals surface area (Å²) in [7, 11) is 1.77. The molecular formula is C16H21NO. The van der Waals surface area contributed by atoms with Crippen molar-refractivity contribution in [2.45, 2.75) is 26.2 Å². The van der Waals surface area contributed by atoms with Gasteiger partial charge in [-0.05, 0) is 25.5 Å². The van der Waals surface area contributed by atoms with Crippen molar-refractivity contribution < 1.29 is 5.11 Å². The number of aliphatic imine (C=N–C) groups is 1. The highest BCUT2D eigenvalue weighted by Gasteiger charge is 2.17. The summed E-state index contributed by atoms with van der Waals surface area (Å²) in [5.74, 6) is 0.246. The van der Waals surface area contributed by atoms with Gasteiger partial charge in [0.05, 0.1) is 5.76 Å². The fraction of sp³-hybridized carbons (Fsp3) is 0.312. The lowest BCUT2D eigenvalue weighted by atomic mass is 9.89. The van der Waals surface area contributed by atoms with Crippen LogP contribution in [-0.2, 0) is 0 Å². The predicted molar refractivity (Wildman–Crippen MR) is 78.5 cm³/mol. The zero-order valence-electron chi connectivity index (χ0n) is 11.4. The number of hydrogen-bond donors (Lipinski definition) is 1. The Morgan fingerprint density at radius 2 is 2.00 bits per heavy atom. The van der Waals surface area contributed by atoms with Crippen molar-refractivity contribution in [2.24, 2.45) is 4.99 Å². The maximum atomic E-state index is 9.48. The first-order valence-electron chi connectivity index (χ1n) is 6.11. The van der Waals surface area contributed by atoms with Gasteiger partial charge in [-0.1, -0.05) is 42.5 Å². The third kappa shape index (κ3) is 3.88. The Balaban J connectivity index is 3.11. The van der Waals surface area contributed by atoms with Gasteiger partial charge < -0.3 is 5.11 Å². The highest BCUT2D eigenvalue weighted by Crippen LogP contribution is 2.25. The smallest absolute Gasteiger partial charge is 0.0861 e. The number of aliphatic hydroxyl groups is 1. The molecule has 0 aromatic heterocycles. The van der Waals surface area contributed by atoms with Gasteiger partial charge in [-0.25, -0.2) is 0 Å². The van der Waals surface area contributed by atoms with E-state index in [2.05, 4.69) is 42.8 Å². The summed E-state index contributed by atoms with van der Waals surface area (Å²) < 4.78 is 0. The van der Waals surface area contributed by atoms with Crippen LogP contribution in [0.2, 0.25) is 0 Å². The van der Waals surface area contributed by atoms with Crippen molar-refractivity contribution >= 4 is 5.71 Å². The zero-order chi connectivity index (χ0) is 13.5. The number of allylic oxidation sites excluding steroid dienone is 3. The van der Waals surface area contributed by atoms with Crippen LogP contribution in [0.25, 0.3) is 0 Å². The molecule has 96 valence electrons.